The fourth-order valence-electron chi connectivity index (χ4n) is 2.82. The second kappa shape index (κ2) is 4.21. The monoisotopic (exact) mass is 271 g/mol. The lowest BCUT2D eigenvalue weighted by Gasteiger charge is -2.47. The summed E-state index contributed by atoms with van der Waals surface area (Å²) in [5.74, 6) is 0.408. The van der Waals surface area contributed by atoms with Crippen LogP contribution in [-0.2, 0) is 12.7 Å². The largest absolute Gasteiger partial charge is 0.416 e. The molecule has 0 spiro atoms. The molecular weight excluding hydrogens is 255 g/mol. The van der Waals surface area contributed by atoms with Gasteiger partial charge in [0.15, 0.2) is 0 Å². The fraction of sp³-hybridized carbons (Fsp3) is 0.571. The van der Waals surface area contributed by atoms with E-state index < -0.39 is 17.3 Å². The van der Waals surface area contributed by atoms with E-state index >= 15 is 0 Å². The third kappa shape index (κ3) is 2.62. The van der Waals surface area contributed by atoms with E-state index in [1.807, 2.05) is 4.90 Å². The molecule has 1 N–H and O–H groups in total. The first-order chi connectivity index (χ1) is 8.87. The number of nitrogens with zero attached hydrogens (tertiary/aromatic N) is 1. The second-order valence-electron chi connectivity index (χ2n) is 5.72. The maximum atomic E-state index is 12.6. The van der Waals surface area contributed by atoms with E-state index in [0.717, 1.165) is 18.9 Å². The first-order valence-corrected chi connectivity index (χ1v) is 6.48. The van der Waals surface area contributed by atoms with Crippen LogP contribution in [0, 0.1) is 5.92 Å². The van der Waals surface area contributed by atoms with Crippen LogP contribution in [0.15, 0.2) is 24.3 Å². The highest BCUT2D eigenvalue weighted by Gasteiger charge is 2.51. The van der Waals surface area contributed by atoms with Crippen LogP contribution in [0.25, 0.3) is 0 Å². The molecule has 0 bridgehead atoms. The van der Waals surface area contributed by atoms with E-state index in [1.54, 1.807) is 6.07 Å². The number of aliphatic hydroxyl groups is 1. The molecule has 5 heteroatoms. The zero-order valence-electron chi connectivity index (χ0n) is 10.5. The van der Waals surface area contributed by atoms with Gasteiger partial charge in [-0.3, -0.25) is 4.90 Å². The quantitative estimate of drug-likeness (QED) is 0.913. The van der Waals surface area contributed by atoms with Crippen LogP contribution in [0.2, 0.25) is 0 Å². The summed E-state index contributed by atoms with van der Waals surface area (Å²) in [4.78, 5) is 1.99. The Hall–Kier alpha value is -1.07. The summed E-state index contributed by atoms with van der Waals surface area (Å²) in [7, 11) is 0. The summed E-state index contributed by atoms with van der Waals surface area (Å²) >= 11 is 0. The van der Waals surface area contributed by atoms with E-state index in [1.165, 1.54) is 12.1 Å². The van der Waals surface area contributed by atoms with Gasteiger partial charge in [-0.05, 0) is 30.4 Å². The minimum absolute atomic E-state index is 0.408. The molecule has 1 heterocycles. The number of halogens is 3. The van der Waals surface area contributed by atoms with Crippen molar-refractivity contribution >= 4 is 0 Å². The molecule has 1 aliphatic heterocycles. The van der Waals surface area contributed by atoms with Crippen LogP contribution >= 0.6 is 0 Å². The van der Waals surface area contributed by atoms with Crippen molar-refractivity contribution in [2.75, 3.05) is 13.1 Å². The number of benzene rings is 1. The van der Waals surface area contributed by atoms with Gasteiger partial charge >= 0.3 is 6.18 Å². The molecular formula is C14H16F3NO. The average molecular weight is 271 g/mol. The Morgan fingerprint density at radius 2 is 1.95 bits per heavy atom. The molecule has 0 amide bonds. The molecule has 1 saturated heterocycles. The van der Waals surface area contributed by atoms with Gasteiger partial charge in [-0.15, -0.1) is 0 Å². The predicted molar refractivity (Wildman–Crippen MR) is 64.4 cm³/mol. The van der Waals surface area contributed by atoms with Crippen LogP contribution in [0.1, 0.15) is 24.0 Å². The second-order valence-corrected chi connectivity index (χ2v) is 5.72. The molecule has 0 aromatic heterocycles. The Bertz CT molecular complexity index is 476. The normalized spacial score (nSPS) is 23.2. The van der Waals surface area contributed by atoms with Crippen LogP contribution in [0.4, 0.5) is 13.2 Å². The summed E-state index contributed by atoms with van der Waals surface area (Å²) in [6, 6.07) is 5.41. The van der Waals surface area contributed by atoms with E-state index in [-0.39, 0.29) is 0 Å². The number of likely N-dealkylation sites (tertiary alicyclic amines) is 1. The molecule has 3 rings (SSSR count). The fourth-order valence-corrected chi connectivity index (χ4v) is 2.82. The van der Waals surface area contributed by atoms with Crippen molar-refractivity contribution in [1.82, 2.24) is 4.90 Å². The molecule has 1 saturated carbocycles. The summed E-state index contributed by atoms with van der Waals surface area (Å²) < 4.78 is 37.8. The van der Waals surface area contributed by atoms with E-state index in [2.05, 4.69) is 0 Å². The number of alkyl halides is 3. The third-order valence-corrected chi connectivity index (χ3v) is 3.99. The number of hydrogen-bond acceptors (Lipinski definition) is 2. The average Bonchev–Trinajstić information content (AvgIpc) is 3.10. The maximum absolute atomic E-state index is 12.6. The molecule has 2 fully saturated rings. The van der Waals surface area contributed by atoms with Gasteiger partial charge in [-0.1, -0.05) is 18.2 Å². The van der Waals surface area contributed by atoms with E-state index in [0.29, 0.717) is 31.1 Å². The Labute approximate surface area is 109 Å². The van der Waals surface area contributed by atoms with Crippen molar-refractivity contribution in [1.29, 1.82) is 0 Å². The highest BCUT2D eigenvalue weighted by Crippen LogP contribution is 2.44. The summed E-state index contributed by atoms with van der Waals surface area (Å²) in [6.07, 6.45) is -2.14. The topological polar surface area (TPSA) is 23.5 Å². The van der Waals surface area contributed by atoms with E-state index in [9.17, 15) is 18.3 Å². The number of hydrogen-bond donors (Lipinski definition) is 1. The molecule has 0 radical (unpaired) electrons. The van der Waals surface area contributed by atoms with Crippen molar-refractivity contribution in [3.8, 4) is 0 Å². The van der Waals surface area contributed by atoms with Crippen molar-refractivity contribution in [3.05, 3.63) is 35.4 Å². The Morgan fingerprint density at radius 3 is 2.53 bits per heavy atom. The first-order valence-electron chi connectivity index (χ1n) is 6.48. The van der Waals surface area contributed by atoms with Crippen LogP contribution in [-0.4, -0.2) is 28.7 Å². The predicted octanol–water partition coefficient (Wildman–Crippen LogP) is 2.66. The molecule has 104 valence electrons. The molecule has 2 aliphatic rings. The van der Waals surface area contributed by atoms with Crippen molar-refractivity contribution < 1.29 is 18.3 Å². The van der Waals surface area contributed by atoms with Crippen molar-refractivity contribution in [2.45, 2.75) is 31.2 Å². The van der Waals surface area contributed by atoms with Crippen LogP contribution in [0.3, 0.4) is 0 Å². The lowest BCUT2D eigenvalue weighted by Crippen LogP contribution is -2.62. The van der Waals surface area contributed by atoms with E-state index in [4.69, 9.17) is 0 Å². The minimum Gasteiger partial charge on any atom is -0.387 e. The summed E-state index contributed by atoms with van der Waals surface area (Å²) in [5.41, 5.74) is -0.544. The summed E-state index contributed by atoms with van der Waals surface area (Å²) in [6.45, 7) is 1.63. The van der Waals surface area contributed by atoms with Crippen LogP contribution < -0.4 is 0 Å². The Kier molecular flexibility index (Phi) is 2.87. The molecule has 1 aliphatic carbocycles. The smallest absolute Gasteiger partial charge is 0.387 e. The molecule has 19 heavy (non-hydrogen) atoms. The summed E-state index contributed by atoms with van der Waals surface area (Å²) in [5, 5.41) is 10.2. The Morgan fingerprint density at radius 1 is 1.26 bits per heavy atom. The standard InChI is InChI=1S/C14H16F3NO/c15-14(16,17)12-3-1-2-10(6-12)7-18-8-13(19,9-18)11-4-5-11/h1-3,6,11,19H,4-5,7-9H2. The van der Waals surface area contributed by atoms with Crippen molar-refractivity contribution in [2.24, 2.45) is 5.92 Å². The Balaban J connectivity index is 1.62. The zero-order chi connectivity index (χ0) is 13.7. The van der Waals surface area contributed by atoms with Gasteiger partial charge in [-0.2, -0.15) is 13.2 Å². The number of rotatable bonds is 3. The van der Waals surface area contributed by atoms with Gasteiger partial charge in [0.05, 0.1) is 11.2 Å². The van der Waals surface area contributed by atoms with Gasteiger partial charge in [0.25, 0.3) is 0 Å². The molecule has 1 aromatic rings. The highest BCUT2D eigenvalue weighted by molar-refractivity contribution is 5.26. The van der Waals surface area contributed by atoms with Gasteiger partial charge in [0.2, 0.25) is 0 Å². The van der Waals surface area contributed by atoms with Crippen LogP contribution in [0.5, 0.6) is 0 Å². The first kappa shape index (κ1) is 12.9. The van der Waals surface area contributed by atoms with Gasteiger partial charge in [0, 0.05) is 19.6 Å². The lowest BCUT2D eigenvalue weighted by atomic mass is 9.88. The van der Waals surface area contributed by atoms with Crippen molar-refractivity contribution in [3.63, 3.8) is 0 Å². The SMILES string of the molecule is OC1(C2CC2)CN(Cc2cccc(C(F)(F)F)c2)C1. The lowest BCUT2D eigenvalue weighted by molar-refractivity contribution is -0.137. The molecule has 0 atom stereocenters. The minimum atomic E-state index is -4.29. The molecule has 0 unspecified atom stereocenters. The van der Waals surface area contributed by atoms with Gasteiger partial charge in [-0.25, -0.2) is 0 Å². The molecule has 1 aromatic carbocycles. The number of β-amino-alcohol motifs (C(OH)–C–C–N with tert-alkyl or cyclic N) is 1. The highest BCUT2D eigenvalue weighted by atomic mass is 19.4. The molecule has 2 nitrogen and oxygen atoms in total. The third-order valence-electron chi connectivity index (χ3n) is 3.99. The maximum Gasteiger partial charge on any atom is 0.416 e. The van der Waals surface area contributed by atoms with Gasteiger partial charge < -0.3 is 5.11 Å². The van der Waals surface area contributed by atoms with Gasteiger partial charge in [0.1, 0.15) is 0 Å². The zero-order valence-corrected chi connectivity index (χ0v) is 10.5.